The van der Waals surface area contributed by atoms with Crippen molar-refractivity contribution in [3.05, 3.63) is 24.5 Å². The number of alkyl halides is 1. The van der Waals surface area contributed by atoms with Crippen LogP contribution in [-0.4, -0.2) is 16.9 Å². The molecule has 0 aliphatic carbocycles. The van der Waals surface area contributed by atoms with Crippen LogP contribution in [0.4, 0.5) is 5.69 Å². The number of pyridine rings is 1. The summed E-state index contributed by atoms with van der Waals surface area (Å²) < 4.78 is 0. The van der Waals surface area contributed by atoms with Gasteiger partial charge in [-0.05, 0) is 25.0 Å². The van der Waals surface area contributed by atoms with Gasteiger partial charge in [0, 0.05) is 30.0 Å². The van der Waals surface area contributed by atoms with Crippen molar-refractivity contribution in [2.45, 2.75) is 19.9 Å². The molecule has 0 saturated heterocycles. The lowest BCUT2D eigenvalue weighted by molar-refractivity contribution is 0.566. The van der Waals surface area contributed by atoms with Crippen LogP contribution in [0.2, 0.25) is 0 Å². The molecule has 1 aromatic heterocycles. The Bertz CT molecular complexity index is 238. The summed E-state index contributed by atoms with van der Waals surface area (Å²) in [4.78, 5) is 3.95. The van der Waals surface area contributed by atoms with Gasteiger partial charge >= 0.3 is 0 Å². The Morgan fingerprint density at radius 1 is 1.38 bits per heavy atom. The highest BCUT2D eigenvalue weighted by Crippen LogP contribution is 2.12. The molecule has 3 heteroatoms. The number of nitrogens with zero attached hydrogens (tertiary/aromatic N) is 1. The van der Waals surface area contributed by atoms with Crippen LogP contribution in [0.25, 0.3) is 0 Å². The van der Waals surface area contributed by atoms with Crippen molar-refractivity contribution in [2.24, 2.45) is 5.92 Å². The fraction of sp³-hybridized carbons (Fsp3) is 0.500. The van der Waals surface area contributed by atoms with Crippen LogP contribution in [0.15, 0.2) is 24.5 Å². The summed E-state index contributed by atoms with van der Waals surface area (Å²) in [5.74, 6) is 1.15. The maximum Gasteiger partial charge on any atom is 0.0373 e. The Kier molecular flexibility index (Phi) is 4.03. The van der Waals surface area contributed by atoms with E-state index in [2.05, 4.69) is 24.1 Å². The summed E-state index contributed by atoms with van der Waals surface area (Å²) in [5.41, 5.74) is 1.10. The van der Waals surface area contributed by atoms with Gasteiger partial charge in [-0.25, -0.2) is 0 Å². The van der Waals surface area contributed by atoms with Gasteiger partial charge < -0.3 is 5.32 Å². The van der Waals surface area contributed by atoms with E-state index >= 15 is 0 Å². The highest BCUT2D eigenvalue weighted by molar-refractivity contribution is 6.18. The van der Waals surface area contributed by atoms with Crippen LogP contribution in [0.5, 0.6) is 0 Å². The Hall–Kier alpha value is -0.760. The number of nitrogens with one attached hydrogen (secondary N) is 1. The standard InChI is InChI=1S/C10H15ClN2/c1-8(7-11)9(2)13-10-3-5-12-6-4-10/h3-6,8-9H,7H2,1-2H3,(H,12,13). The molecule has 2 nitrogen and oxygen atoms in total. The number of halogens is 1. The van der Waals surface area contributed by atoms with E-state index in [1.54, 1.807) is 12.4 Å². The second-order valence-corrected chi connectivity index (χ2v) is 3.61. The zero-order valence-corrected chi connectivity index (χ0v) is 8.75. The van der Waals surface area contributed by atoms with E-state index in [1.807, 2.05) is 12.1 Å². The molecule has 1 aromatic rings. The highest BCUT2D eigenvalue weighted by Gasteiger charge is 2.09. The highest BCUT2D eigenvalue weighted by atomic mass is 35.5. The van der Waals surface area contributed by atoms with Crippen molar-refractivity contribution in [1.82, 2.24) is 4.98 Å². The zero-order chi connectivity index (χ0) is 9.68. The molecule has 0 saturated carbocycles. The molecule has 0 radical (unpaired) electrons. The Morgan fingerprint density at radius 2 is 2.00 bits per heavy atom. The molecule has 0 fully saturated rings. The third kappa shape index (κ3) is 3.23. The fourth-order valence-corrected chi connectivity index (χ4v) is 1.25. The predicted molar refractivity (Wildman–Crippen MR) is 57.2 cm³/mol. The van der Waals surface area contributed by atoms with Gasteiger partial charge in [0.05, 0.1) is 0 Å². The largest absolute Gasteiger partial charge is 0.382 e. The first-order valence-corrected chi connectivity index (χ1v) is 5.00. The number of hydrogen-bond donors (Lipinski definition) is 1. The molecule has 2 atom stereocenters. The van der Waals surface area contributed by atoms with Gasteiger partial charge in [-0.15, -0.1) is 11.6 Å². The van der Waals surface area contributed by atoms with E-state index in [-0.39, 0.29) is 0 Å². The number of anilines is 1. The van der Waals surface area contributed by atoms with Gasteiger partial charge in [0.1, 0.15) is 0 Å². The van der Waals surface area contributed by atoms with Crippen molar-refractivity contribution >= 4 is 17.3 Å². The fourth-order valence-electron chi connectivity index (χ4n) is 0.987. The minimum Gasteiger partial charge on any atom is -0.382 e. The van der Waals surface area contributed by atoms with Gasteiger partial charge in [-0.2, -0.15) is 0 Å². The van der Waals surface area contributed by atoms with Gasteiger partial charge in [0.15, 0.2) is 0 Å². The SMILES string of the molecule is CC(CCl)C(C)Nc1ccncc1. The Morgan fingerprint density at radius 3 is 2.54 bits per heavy atom. The quantitative estimate of drug-likeness (QED) is 0.753. The summed E-state index contributed by atoms with van der Waals surface area (Å²) in [7, 11) is 0. The van der Waals surface area contributed by atoms with Crippen molar-refractivity contribution in [3.8, 4) is 0 Å². The average Bonchev–Trinajstić information content (AvgIpc) is 2.18. The van der Waals surface area contributed by atoms with E-state index in [9.17, 15) is 0 Å². The lowest BCUT2D eigenvalue weighted by atomic mass is 10.1. The molecular formula is C10H15ClN2. The number of rotatable bonds is 4. The normalized spacial score (nSPS) is 15.0. The summed E-state index contributed by atoms with van der Waals surface area (Å²) >= 11 is 5.76. The third-order valence-corrected chi connectivity index (χ3v) is 2.66. The third-order valence-electron chi connectivity index (χ3n) is 2.17. The maximum atomic E-state index is 5.76. The Balaban J connectivity index is 2.50. The molecule has 0 spiro atoms. The molecule has 0 aromatic carbocycles. The van der Waals surface area contributed by atoms with Crippen molar-refractivity contribution in [1.29, 1.82) is 0 Å². The van der Waals surface area contributed by atoms with E-state index in [1.165, 1.54) is 0 Å². The molecule has 0 bridgehead atoms. The van der Waals surface area contributed by atoms with Crippen LogP contribution < -0.4 is 5.32 Å². The van der Waals surface area contributed by atoms with Crippen LogP contribution >= 0.6 is 11.6 Å². The van der Waals surface area contributed by atoms with E-state index in [4.69, 9.17) is 11.6 Å². The van der Waals surface area contributed by atoms with E-state index in [0.29, 0.717) is 17.8 Å². The van der Waals surface area contributed by atoms with Gasteiger partial charge in [-0.1, -0.05) is 6.92 Å². The molecule has 2 unspecified atom stereocenters. The molecule has 0 aliphatic rings. The lowest BCUT2D eigenvalue weighted by Crippen LogP contribution is -2.24. The van der Waals surface area contributed by atoms with Crippen molar-refractivity contribution in [2.75, 3.05) is 11.2 Å². The van der Waals surface area contributed by atoms with Gasteiger partial charge in [-0.3, -0.25) is 4.98 Å². The average molecular weight is 199 g/mol. The number of hydrogen-bond acceptors (Lipinski definition) is 2. The molecule has 1 heterocycles. The minimum atomic E-state index is 0.389. The first-order chi connectivity index (χ1) is 6.24. The maximum absolute atomic E-state index is 5.76. The molecule has 0 amide bonds. The second kappa shape index (κ2) is 5.07. The molecular weight excluding hydrogens is 184 g/mol. The predicted octanol–water partition coefficient (Wildman–Crippen LogP) is 2.76. The summed E-state index contributed by atoms with van der Waals surface area (Å²) in [6.45, 7) is 4.26. The molecule has 13 heavy (non-hydrogen) atoms. The van der Waals surface area contributed by atoms with E-state index < -0.39 is 0 Å². The van der Waals surface area contributed by atoms with Crippen LogP contribution in [-0.2, 0) is 0 Å². The number of aromatic nitrogens is 1. The molecule has 0 aliphatic heterocycles. The summed E-state index contributed by atoms with van der Waals surface area (Å²) in [5, 5.41) is 3.37. The topological polar surface area (TPSA) is 24.9 Å². The molecule has 1 rings (SSSR count). The minimum absolute atomic E-state index is 0.389. The second-order valence-electron chi connectivity index (χ2n) is 3.30. The first kappa shape index (κ1) is 10.3. The van der Waals surface area contributed by atoms with Crippen molar-refractivity contribution < 1.29 is 0 Å². The van der Waals surface area contributed by atoms with Crippen LogP contribution in [0, 0.1) is 5.92 Å². The zero-order valence-electron chi connectivity index (χ0n) is 8.00. The molecule has 1 N–H and O–H groups in total. The van der Waals surface area contributed by atoms with Gasteiger partial charge in [0.25, 0.3) is 0 Å². The van der Waals surface area contributed by atoms with E-state index in [0.717, 1.165) is 5.69 Å². The smallest absolute Gasteiger partial charge is 0.0373 e. The summed E-state index contributed by atoms with van der Waals surface area (Å²) in [6.07, 6.45) is 3.56. The monoisotopic (exact) mass is 198 g/mol. The van der Waals surface area contributed by atoms with Crippen LogP contribution in [0.3, 0.4) is 0 Å². The van der Waals surface area contributed by atoms with Gasteiger partial charge in [0.2, 0.25) is 0 Å². The first-order valence-electron chi connectivity index (χ1n) is 4.46. The van der Waals surface area contributed by atoms with Crippen molar-refractivity contribution in [3.63, 3.8) is 0 Å². The Labute approximate surface area is 84.3 Å². The van der Waals surface area contributed by atoms with Crippen LogP contribution in [0.1, 0.15) is 13.8 Å². The lowest BCUT2D eigenvalue weighted by Gasteiger charge is -2.19. The summed E-state index contributed by atoms with van der Waals surface area (Å²) in [6, 6.07) is 4.30. The molecule has 72 valence electrons.